The molecule has 6 nitrogen and oxygen atoms in total. The van der Waals surface area contributed by atoms with Crippen molar-refractivity contribution in [3.8, 4) is 0 Å². The summed E-state index contributed by atoms with van der Waals surface area (Å²) in [5.41, 5.74) is 0.939. The third-order valence-corrected chi connectivity index (χ3v) is 4.78. The Morgan fingerprint density at radius 2 is 1.73 bits per heavy atom. The van der Waals surface area contributed by atoms with Crippen LogP contribution >= 0.6 is 0 Å². The van der Waals surface area contributed by atoms with Gasteiger partial charge in [-0.25, -0.2) is 9.97 Å². The smallest absolute Gasteiger partial charge is 0.152 e. The van der Waals surface area contributed by atoms with Crippen LogP contribution in [0, 0.1) is 0 Å². The fourth-order valence-electron chi connectivity index (χ4n) is 3.10. The van der Waals surface area contributed by atoms with Crippen LogP contribution in [0.4, 0.5) is 5.82 Å². The molecule has 3 heterocycles. The highest BCUT2D eigenvalue weighted by atomic mass is 15.3. The van der Waals surface area contributed by atoms with Gasteiger partial charge in [-0.1, -0.05) is 48.0 Å². The van der Waals surface area contributed by atoms with E-state index in [4.69, 9.17) is 9.97 Å². The van der Waals surface area contributed by atoms with Gasteiger partial charge in [0.25, 0.3) is 0 Å². The van der Waals surface area contributed by atoms with E-state index in [1.54, 1.807) is 0 Å². The molecule has 3 rings (SSSR count). The zero-order valence-electron chi connectivity index (χ0n) is 17.1. The minimum atomic E-state index is -0.0936. The molecule has 1 N–H and O–H groups in total. The van der Waals surface area contributed by atoms with Gasteiger partial charge in [0.15, 0.2) is 5.82 Å². The third-order valence-electron chi connectivity index (χ3n) is 4.78. The van der Waals surface area contributed by atoms with Gasteiger partial charge in [-0.3, -0.25) is 0 Å². The Labute approximate surface area is 156 Å². The predicted molar refractivity (Wildman–Crippen MR) is 104 cm³/mol. The van der Waals surface area contributed by atoms with Crippen molar-refractivity contribution >= 4 is 5.82 Å². The van der Waals surface area contributed by atoms with Gasteiger partial charge >= 0.3 is 0 Å². The second-order valence-electron chi connectivity index (χ2n) is 9.31. The fourth-order valence-corrected chi connectivity index (χ4v) is 3.10. The summed E-state index contributed by atoms with van der Waals surface area (Å²) in [6.45, 7) is 14.7. The largest absolute Gasteiger partial charge is 0.363 e. The highest BCUT2D eigenvalue weighted by Gasteiger charge is 2.24. The van der Waals surface area contributed by atoms with E-state index in [0.29, 0.717) is 6.54 Å². The molecule has 0 bridgehead atoms. The third kappa shape index (κ3) is 4.22. The first-order chi connectivity index (χ1) is 12.1. The maximum atomic E-state index is 4.82. The normalized spacial score (nSPS) is 15.5. The second-order valence-corrected chi connectivity index (χ2v) is 9.31. The number of fused-ring (bicyclic) bond motifs is 1. The molecule has 26 heavy (non-hydrogen) atoms. The molecule has 0 saturated carbocycles. The van der Waals surface area contributed by atoms with Crippen molar-refractivity contribution in [2.24, 2.45) is 0 Å². The molecule has 0 aliphatic carbocycles. The Hall–Kier alpha value is -1.98. The SMILES string of the molecule is CC(C)(C)c1cc(NCc2nnc3n2CCCCC3)nc(C(C)(C)C)n1. The topological polar surface area (TPSA) is 68.5 Å². The summed E-state index contributed by atoms with van der Waals surface area (Å²) >= 11 is 0. The summed E-state index contributed by atoms with van der Waals surface area (Å²) in [5.74, 6) is 3.84. The molecule has 6 heteroatoms. The molecule has 0 fully saturated rings. The summed E-state index contributed by atoms with van der Waals surface area (Å²) < 4.78 is 2.27. The number of nitrogens with zero attached hydrogens (tertiary/aromatic N) is 5. The Kier molecular flexibility index (Phi) is 5.04. The van der Waals surface area contributed by atoms with E-state index < -0.39 is 0 Å². The van der Waals surface area contributed by atoms with Gasteiger partial charge in [0, 0.05) is 29.9 Å². The van der Waals surface area contributed by atoms with Crippen molar-refractivity contribution in [3.63, 3.8) is 0 Å². The minimum Gasteiger partial charge on any atom is -0.363 e. The maximum absolute atomic E-state index is 4.82. The molecule has 0 saturated heterocycles. The van der Waals surface area contributed by atoms with E-state index in [0.717, 1.165) is 42.0 Å². The zero-order valence-corrected chi connectivity index (χ0v) is 17.1. The van der Waals surface area contributed by atoms with E-state index in [1.807, 2.05) is 0 Å². The molecule has 0 amide bonds. The van der Waals surface area contributed by atoms with Crippen LogP contribution in [0.25, 0.3) is 0 Å². The van der Waals surface area contributed by atoms with Gasteiger partial charge in [0.05, 0.1) is 12.2 Å². The molecule has 0 radical (unpaired) electrons. The monoisotopic (exact) mass is 356 g/mol. The lowest BCUT2D eigenvalue weighted by Crippen LogP contribution is -2.23. The first kappa shape index (κ1) is 18.8. The maximum Gasteiger partial charge on any atom is 0.152 e. The molecule has 0 atom stereocenters. The molecule has 1 aliphatic rings. The number of hydrogen-bond acceptors (Lipinski definition) is 5. The van der Waals surface area contributed by atoms with Crippen LogP contribution in [0.5, 0.6) is 0 Å². The first-order valence-corrected chi connectivity index (χ1v) is 9.69. The number of nitrogens with one attached hydrogen (secondary N) is 1. The first-order valence-electron chi connectivity index (χ1n) is 9.69. The fraction of sp³-hybridized carbons (Fsp3) is 0.700. The minimum absolute atomic E-state index is 0.0225. The number of hydrogen-bond donors (Lipinski definition) is 1. The lowest BCUT2D eigenvalue weighted by Gasteiger charge is -2.24. The van der Waals surface area contributed by atoms with Crippen molar-refractivity contribution in [3.05, 3.63) is 29.2 Å². The van der Waals surface area contributed by atoms with Crippen molar-refractivity contribution in [1.82, 2.24) is 24.7 Å². The molecule has 1 aliphatic heterocycles. The molecule has 2 aromatic rings. The second kappa shape index (κ2) is 6.97. The van der Waals surface area contributed by atoms with Crippen molar-refractivity contribution in [2.45, 2.75) is 91.1 Å². The Morgan fingerprint density at radius 1 is 0.962 bits per heavy atom. The van der Waals surface area contributed by atoms with Gasteiger partial charge in [0.1, 0.15) is 17.5 Å². The Balaban J connectivity index is 1.85. The van der Waals surface area contributed by atoms with Crippen molar-refractivity contribution in [1.29, 1.82) is 0 Å². The standard InChI is InChI=1S/C20H32N6/c1-19(2,3)14-12-15(23-18(22-14)20(4,5)6)21-13-17-25-24-16-10-8-7-9-11-26(16)17/h12H,7-11,13H2,1-6H3,(H,21,22,23). The quantitative estimate of drug-likeness (QED) is 0.900. The van der Waals surface area contributed by atoms with Crippen LogP contribution < -0.4 is 5.32 Å². The molecule has 0 unspecified atom stereocenters. The van der Waals surface area contributed by atoms with Crippen LogP contribution in [0.3, 0.4) is 0 Å². The lowest BCUT2D eigenvalue weighted by molar-refractivity contribution is 0.514. The van der Waals surface area contributed by atoms with Crippen LogP contribution in [0.2, 0.25) is 0 Å². The molecule has 142 valence electrons. The van der Waals surface area contributed by atoms with Crippen LogP contribution in [-0.2, 0) is 30.3 Å². The van der Waals surface area contributed by atoms with Gasteiger partial charge in [0.2, 0.25) is 0 Å². The number of anilines is 1. The lowest BCUT2D eigenvalue weighted by atomic mass is 9.90. The predicted octanol–water partition coefficient (Wildman–Crippen LogP) is 4.00. The van der Waals surface area contributed by atoms with Gasteiger partial charge in [-0.2, -0.15) is 0 Å². The highest BCUT2D eigenvalue weighted by molar-refractivity contribution is 5.39. The zero-order chi connectivity index (χ0) is 18.9. The number of aryl methyl sites for hydroxylation is 1. The van der Waals surface area contributed by atoms with Crippen LogP contribution in [0.1, 0.15) is 84.0 Å². The molecular weight excluding hydrogens is 324 g/mol. The summed E-state index contributed by atoms with van der Waals surface area (Å²) in [7, 11) is 0. The highest BCUT2D eigenvalue weighted by Crippen LogP contribution is 2.27. The van der Waals surface area contributed by atoms with Crippen molar-refractivity contribution < 1.29 is 0 Å². The average Bonchev–Trinajstić information content (AvgIpc) is 2.77. The number of aromatic nitrogens is 5. The molecule has 2 aromatic heterocycles. The Morgan fingerprint density at radius 3 is 2.42 bits per heavy atom. The van der Waals surface area contributed by atoms with E-state index >= 15 is 0 Å². The van der Waals surface area contributed by atoms with E-state index in [2.05, 4.69) is 67.7 Å². The summed E-state index contributed by atoms with van der Waals surface area (Å²) in [5, 5.41) is 12.3. The van der Waals surface area contributed by atoms with Gasteiger partial charge in [-0.15, -0.1) is 10.2 Å². The molecule has 0 aromatic carbocycles. The van der Waals surface area contributed by atoms with E-state index in [9.17, 15) is 0 Å². The average molecular weight is 357 g/mol. The van der Waals surface area contributed by atoms with Crippen molar-refractivity contribution in [2.75, 3.05) is 5.32 Å². The number of rotatable bonds is 3. The van der Waals surface area contributed by atoms with Crippen LogP contribution in [0.15, 0.2) is 6.07 Å². The summed E-state index contributed by atoms with van der Waals surface area (Å²) in [4.78, 5) is 9.59. The summed E-state index contributed by atoms with van der Waals surface area (Å²) in [6.07, 6.45) is 4.71. The van der Waals surface area contributed by atoms with Gasteiger partial charge < -0.3 is 9.88 Å². The Bertz CT molecular complexity index is 731. The van der Waals surface area contributed by atoms with E-state index in [1.165, 1.54) is 19.3 Å². The molecule has 0 spiro atoms. The van der Waals surface area contributed by atoms with Crippen LogP contribution in [-0.4, -0.2) is 24.7 Å². The van der Waals surface area contributed by atoms with Gasteiger partial charge in [-0.05, 0) is 12.8 Å². The van der Waals surface area contributed by atoms with E-state index in [-0.39, 0.29) is 10.8 Å². The summed E-state index contributed by atoms with van der Waals surface area (Å²) in [6, 6.07) is 2.06. The molecular formula is C20H32N6.